The number of carbonyl (C=O) groups is 1. The predicted molar refractivity (Wildman–Crippen MR) is 105 cm³/mol. The van der Waals surface area contributed by atoms with Gasteiger partial charge in [-0.1, -0.05) is 42.4 Å². The number of nitrogens with zero attached hydrogens (tertiary/aromatic N) is 2. The third-order valence-corrected chi connectivity index (χ3v) is 6.39. The van der Waals surface area contributed by atoms with Crippen molar-refractivity contribution in [3.8, 4) is 0 Å². The number of aliphatic carboxylic acids is 1. The van der Waals surface area contributed by atoms with Gasteiger partial charge in [0, 0.05) is 22.9 Å². The monoisotopic (exact) mass is 368 g/mol. The molecular weight excluding hydrogens is 344 g/mol. The van der Waals surface area contributed by atoms with Gasteiger partial charge in [-0.05, 0) is 50.1 Å². The molecule has 4 nitrogen and oxygen atoms in total. The quantitative estimate of drug-likeness (QED) is 0.834. The van der Waals surface area contributed by atoms with Crippen LogP contribution < -0.4 is 4.90 Å². The molecule has 0 aliphatic carbocycles. The van der Waals surface area contributed by atoms with Crippen LogP contribution >= 0.6 is 11.8 Å². The predicted octanol–water partition coefficient (Wildman–Crippen LogP) is 4.62. The van der Waals surface area contributed by atoms with Gasteiger partial charge in [-0.25, -0.2) is 0 Å². The molecule has 2 heterocycles. The fourth-order valence-electron chi connectivity index (χ4n) is 3.99. The summed E-state index contributed by atoms with van der Waals surface area (Å²) in [7, 11) is 0. The minimum Gasteiger partial charge on any atom is -0.480 e. The van der Waals surface area contributed by atoms with Crippen LogP contribution in [0.4, 0.5) is 11.4 Å². The number of hydrogen-bond acceptors (Lipinski definition) is 4. The number of para-hydroxylation sites is 2. The molecule has 0 spiro atoms. The van der Waals surface area contributed by atoms with Crippen LogP contribution in [-0.2, 0) is 4.79 Å². The Labute approximate surface area is 158 Å². The second kappa shape index (κ2) is 7.72. The van der Waals surface area contributed by atoms with Crippen LogP contribution in [0.15, 0.2) is 58.3 Å². The van der Waals surface area contributed by atoms with Gasteiger partial charge in [0.05, 0.1) is 11.4 Å². The Kier molecular flexibility index (Phi) is 5.18. The van der Waals surface area contributed by atoms with Gasteiger partial charge in [-0.2, -0.15) is 0 Å². The van der Waals surface area contributed by atoms with Crippen LogP contribution in [0.5, 0.6) is 0 Å². The zero-order valence-electron chi connectivity index (χ0n) is 14.8. The Morgan fingerprint density at radius 3 is 2.31 bits per heavy atom. The Morgan fingerprint density at radius 1 is 1.00 bits per heavy atom. The normalized spacial score (nSPS) is 19.7. The molecular formula is C21H24N2O2S. The Morgan fingerprint density at radius 2 is 1.65 bits per heavy atom. The summed E-state index contributed by atoms with van der Waals surface area (Å²) in [6.45, 7) is 2.64. The topological polar surface area (TPSA) is 43.8 Å². The van der Waals surface area contributed by atoms with E-state index in [1.165, 1.54) is 21.2 Å². The van der Waals surface area contributed by atoms with Gasteiger partial charge < -0.3 is 10.0 Å². The number of anilines is 2. The zero-order valence-corrected chi connectivity index (χ0v) is 15.6. The number of piperidine rings is 1. The number of fused-ring (bicyclic) bond motifs is 2. The van der Waals surface area contributed by atoms with E-state index < -0.39 is 5.97 Å². The number of likely N-dealkylation sites (tertiary alicyclic amines) is 1. The smallest absolute Gasteiger partial charge is 0.320 e. The van der Waals surface area contributed by atoms with Crippen LogP contribution in [0.2, 0.25) is 0 Å². The maximum atomic E-state index is 11.5. The van der Waals surface area contributed by atoms with E-state index in [9.17, 15) is 9.90 Å². The van der Waals surface area contributed by atoms with Crippen LogP contribution in [0.3, 0.4) is 0 Å². The van der Waals surface area contributed by atoms with Crippen molar-refractivity contribution in [1.82, 2.24) is 4.90 Å². The van der Waals surface area contributed by atoms with E-state index in [2.05, 4.69) is 58.3 Å². The first kappa shape index (κ1) is 17.4. The first-order valence-corrected chi connectivity index (χ1v) is 10.2. The lowest BCUT2D eigenvalue weighted by atomic mass is 10.0. The van der Waals surface area contributed by atoms with Gasteiger partial charge in [-0.15, -0.1) is 0 Å². The lowest BCUT2D eigenvalue weighted by Gasteiger charge is -2.35. The van der Waals surface area contributed by atoms with Crippen molar-refractivity contribution >= 4 is 29.1 Å². The molecule has 2 aromatic rings. The number of hydrogen-bond donors (Lipinski definition) is 1. The lowest BCUT2D eigenvalue weighted by Crippen LogP contribution is -2.45. The molecule has 136 valence electrons. The lowest BCUT2D eigenvalue weighted by molar-refractivity contribution is -0.144. The van der Waals surface area contributed by atoms with Crippen molar-refractivity contribution in [3.63, 3.8) is 0 Å². The zero-order chi connectivity index (χ0) is 17.9. The SMILES string of the molecule is O=C(O)C1CCCCN1CCCN1c2ccccc2Sc2ccccc21. The molecule has 0 saturated carbocycles. The molecule has 1 unspecified atom stereocenters. The second-order valence-corrected chi connectivity index (χ2v) is 8.01. The minimum absolute atomic E-state index is 0.305. The van der Waals surface area contributed by atoms with Crippen LogP contribution in [-0.4, -0.2) is 41.7 Å². The average Bonchev–Trinajstić information content (AvgIpc) is 2.67. The molecule has 4 rings (SSSR count). The molecule has 0 radical (unpaired) electrons. The molecule has 1 N–H and O–H groups in total. The van der Waals surface area contributed by atoms with Crippen molar-refractivity contribution in [2.45, 2.75) is 41.5 Å². The molecule has 5 heteroatoms. The molecule has 2 aromatic carbocycles. The molecule has 2 aliphatic rings. The molecule has 1 fully saturated rings. The highest BCUT2D eigenvalue weighted by molar-refractivity contribution is 7.99. The summed E-state index contributed by atoms with van der Waals surface area (Å²) < 4.78 is 0. The van der Waals surface area contributed by atoms with Gasteiger partial charge in [-0.3, -0.25) is 9.69 Å². The van der Waals surface area contributed by atoms with Crippen molar-refractivity contribution in [2.75, 3.05) is 24.5 Å². The minimum atomic E-state index is -0.672. The van der Waals surface area contributed by atoms with Gasteiger partial charge in [0.2, 0.25) is 0 Å². The summed E-state index contributed by atoms with van der Waals surface area (Å²) in [4.78, 5) is 18.6. The number of carboxylic acids is 1. The van der Waals surface area contributed by atoms with E-state index in [1.807, 2.05) is 11.8 Å². The molecule has 0 amide bonds. The summed E-state index contributed by atoms with van der Waals surface area (Å²) in [5.74, 6) is -0.672. The molecule has 0 aromatic heterocycles. The van der Waals surface area contributed by atoms with Gasteiger partial charge in [0.15, 0.2) is 0 Å². The molecule has 2 aliphatic heterocycles. The molecule has 0 bridgehead atoms. The highest BCUT2D eigenvalue weighted by Crippen LogP contribution is 2.47. The summed E-state index contributed by atoms with van der Waals surface area (Å²) >= 11 is 1.82. The fraction of sp³-hybridized carbons (Fsp3) is 0.381. The van der Waals surface area contributed by atoms with E-state index in [0.29, 0.717) is 0 Å². The molecule has 1 atom stereocenters. The summed E-state index contributed by atoms with van der Waals surface area (Å²) in [5.41, 5.74) is 2.51. The summed E-state index contributed by atoms with van der Waals surface area (Å²) in [6.07, 6.45) is 3.87. The van der Waals surface area contributed by atoms with E-state index in [-0.39, 0.29) is 6.04 Å². The maximum Gasteiger partial charge on any atom is 0.320 e. The van der Waals surface area contributed by atoms with Crippen molar-refractivity contribution in [2.24, 2.45) is 0 Å². The van der Waals surface area contributed by atoms with E-state index in [0.717, 1.165) is 45.3 Å². The van der Waals surface area contributed by atoms with Gasteiger partial charge >= 0.3 is 5.97 Å². The van der Waals surface area contributed by atoms with Crippen molar-refractivity contribution in [1.29, 1.82) is 0 Å². The first-order chi connectivity index (χ1) is 12.7. The van der Waals surface area contributed by atoms with E-state index in [1.54, 1.807) is 0 Å². The highest BCUT2D eigenvalue weighted by Gasteiger charge is 2.28. The first-order valence-electron chi connectivity index (χ1n) is 9.34. The highest BCUT2D eigenvalue weighted by atomic mass is 32.2. The van der Waals surface area contributed by atoms with Crippen LogP contribution in [0.1, 0.15) is 25.7 Å². The van der Waals surface area contributed by atoms with Crippen LogP contribution in [0.25, 0.3) is 0 Å². The Balaban J connectivity index is 1.49. The van der Waals surface area contributed by atoms with E-state index >= 15 is 0 Å². The standard InChI is InChI=1S/C21H24N2O2S/c24-21(25)18-10-5-6-13-22(18)14-7-15-23-16-8-1-3-11-19(16)26-20-12-4-2-9-17(20)23/h1-4,8-9,11-12,18H,5-7,10,13-15H2,(H,24,25). The number of carboxylic acid groups (broad SMARTS) is 1. The summed E-state index contributed by atoms with van der Waals surface area (Å²) in [5, 5.41) is 9.46. The summed E-state index contributed by atoms with van der Waals surface area (Å²) in [6, 6.07) is 16.8. The second-order valence-electron chi connectivity index (χ2n) is 6.93. The van der Waals surface area contributed by atoms with E-state index in [4.69, 9.17) is 0 Å². The largest absolute Gasteiger partial charge is 0.480 e. The third-order valence-electron chi connectivity index (χ3n) is 5.26. The third kappa shape index (κ3) is 3.46. The van der Waals surface area contributed by atoms with Gasteiger partial charge in [0.25, 0.3) is 0 Å². The van der Waals surface area contributed by atoms with Crippen molar-refractivity contribution < 1.29 is 9.90 Å². The number of rotatable bonds is 5. The fourth-order valence-corrected chi connectivity index (χ4v) is 5.09. The Bertz CT molecular complexity index is 750. The van der Waals surface area contributed by atoms with Crippen LogP contribution in [0, 0.1) is 0 Å². The Hall–Kier alpha value is -1.98. The van der Waals surface area contributed by atoms with Crippen molar-refractivity contribution in [3.05, 3.63) is 48.5 Å². The van der Waals surface area contributed by atoms with Gasteiger partial charge in [0.1, 0.15) is 6.04 Å². The molecule has 26 heavy (non-hydrogen) atoms. The maximum absolute atomic E-state index is 11.5. The average molecular weight is 369 g/mol. The number of benzene rings is 2. The molecule has 1 saturated heterocycles.